The van der Waals surface area contributed by atoms with Gasteiger partial charge in [0.2, 0.25) is 0 Å². The Hall–Kier alpha value is -1.29. The first-order valence-corrected chi connectivity index (χ1v) is 3.57. The van der Waals surface area contributed by atoms with Crippen molar-refractivity contribution in [2.24, 2.45) is 5.73 Å². The van der Waals surface area contributed by atoms with Crippen molar-refractivity contribution in [3.63, 3.8) is 0 Å². The Bertz CT molecular complexity index is 303. The van der Waals surface area contributed by atoms with Crippen LogP contribution in [-0.2, 0) is 4.79 Å². The van der Waals surface area contributed by atoms with Gasteiger partial charge in [0.25, 0.3) is 0 Å². The van der Waals surface area contributed by atoms with E-state index in [0.717, 1.165) is 0 Å². The lowest BCUT2D eigenvalue weighted by Gasteiger charge is -2.02. The maximum atomic E-state index is 10.5. The molecule has 0 saturated heterocycles. The molecular formula is C8H11NO3. The lowest BCUT2D eigenvalue weighted by atomic mass is 10.1. The Morgan fingerprint density at radius 1 is 1.67 bits per heavy atom. The van der Waals surface area contributed by atoms with E-state index in [2.05, 4.69) is 0 Å². The molecule has 1 atom stereocenters. The predicted octanol–water partition coefficient (Wildman–Crippen LogP) is 0.981. The molecule has 12 heavy (non-hydrogen) atoms. The van der Waals surface area contributed by atoms with Gasteiger partial charge in [0.05, 0.1) is 0 Å². The minimum absolute atomic E-state index is 0.542. The number of hydrogen-bond donors (Lipinski definition) is 2. The molecule has 1 aromatic heterocycles. The van der Waals surface area contributed by atoms with Gasteiger partial charge in [-0.2, -0.15) is 0 Å². The zero-order valence-corrected chi connectivity index (χ0v) is 7.00. The van der Waals surface area contributed by atoms with Crippen molar-refractivity contribution < 1.29 is 14.3 Å². The number of carboxylic acids is 1. The molecule has 3 N–H and O–H groups in total. The van der Waals surface area contributed by atoms with E-state index in [1.807, 2.05) is 0 Å². The molecule has 0 spiro atoms. The molecule has 1 aromatic rings. The minimum Gasteiger partial charge on any atom is -0.480 e. The normalized spacial score (nSPS) is 12.9. The van der Waals surface area contributed by atoms with Gasteiger partial charge < -0.3 is 15.3 Å². The second-order valence-corrected chi connectivity index (χ2v) is 2.68. The van der Waals surface area contributed by atoms with E-state index in [-0.39, 0.29) is 0 Å². The monoisotopic (exact) mass is 169 g/mol. The Morgan fingerprint density at radius 3 is 2.58 bits per heavy atom. The number of rotatable bonds is 2. The quantitative estimate of drug-likeness (QED) is 0.691. The van der Waals surface area contributed by atoms with E-state index in [1.54, 1.807) is 19.9 Å². The third-order valence-corrected chi connectivity index (χ3v) is 1.68. The number of nitrogens with two attached hydrogens (primary N) is 1. The van der Waals surface area contributed by atoms with Crippen molar-refractivity contribution in [2.45, 2.75) is 19.9 Å². The number of carboxylic acid groups (broad SMARTS) is 1. The van der Waals surface area contributed by atoms with Crippen LogP contribution < -0.4 is 5.73 Å². The van der Waals surface area contributed by atoms with Gasteiger partial charge in [-0.3, -0.25) is 4.79 Å². The van der Waals surface area contributed by atoms with Crippen LogP contribution in [0.1, 0.15) is 23.1 Å². The average Bonchev–Trinajstić information content (AvgIpc) is 2.28. The maximum absolute atomic E-state index is 10.5. The zero-order chi connectivity index (χ0) is 9.30. The molecule has 1 unspecified atom stereocenters. The van der Waals surface area contributed by atoms with E-state index in [0.29, 0.717) is 17.1 Å². The summed E-state index contributed by atoms with van der Waals surface area (Å²) in [5.41, 5.74) is 5.93. The van der Waals surface area contributed by atoms with Crippen LogP contribution in [0.2, 0.25) is 0 Å². The molecule has 0 amide bonds. The maximum Gasteiger partial charge on any atom is 0.325 e. The fourth-order valence-electron chi connectivity index (χ4n) is 1.09. The lowest BCUT2D eigenvalue weighted by molar-refractivity contribution is -0.138. The van der Waals surface area contributed by atoms with Crippen LogP contribution in [-0.4, -0.2) is 11.1 Å². The van der Waals surface area contributed by atoms with Gasteiger partial charge in [0.15, 0.2) is 0 Å². The second kappa shape index (κ2) is 2.98. The van der Waals surface area contributed by atoms with Crippen LogP contribution in [0.15, 0.2) is 10.5 Å². The van der Waals surface area contributed by atoms with Gasteiger partial charge in [-0.25, -0.2) is 0 Å². The van der Waals surface area contributed by atoms with Crippen LogP contribution in [0, 0.1) is 13.8 Å². The first-order valence-electron chi connectivity index (χ1n) is 3.57. The SMILES string of the molecule is Cc1cc(C(N)C(=O)O)c(C)o1. The van der Waals surface area contributed by atoms with Gasteiger partial charge >= 0.3 is 5.97 Å². The molecular weight excluding hydrogens is 158 g/mol. The third-order valence-electron chi connectivity index (χ3n) is 1.68. The highest BCUT2D eigenvalue weighted by Gasteiger charge is 2.19. The molecule has 0 fully saturated rings. The van der Waals surface area contributed by atoms with Gasteiger partial charge in [0.1, 0.15) is 17.6 Å². The minimum atomic E-state index is -1.04. The first kappa shape index (κ1) is 8.80. The van der Waals surface area contributed by atoms with Crippen LogP contribution in [0.5, 0.6) is 0 Å². The molecule has 4 nitrogen and oxygen atoms in total. The van der Waals surface area contributed by atoms with Crippen molar-refractivity contribution in [2.75, 3.05) is 0 Å². The summed E-state index contributed by atoms with van der Waals surface area (Å²) in [4.78, 5) is 10.5. The smallest absolute Gasteiger partial charge is 0.325 e. The predicted molar refractivity (Wildman–Crippen MR) is 42.7 cm³/mol. The van der Waals surface area contributed by atoms with E-state index in [1.165, 1.54) is 0 Å². The van der Waals surface area contributed by atoms with Crippen molar-refractivity contribution >= 4 is 5.97 Å². The van der Waals surface area contributed by atoms with E-state index < -0.39 is 12.0 Å². The molecule has 0 saturated carbocycles. The second-order valence-electron chi connectivity index (χ2n) is 2.68. The average molecular weight is 169 g/mol. The van der Waals surface area contributed by atoms with Gasteiger partial charge in [-0.1, -0.05) is 0 Å². The highest BCUT2D eigenvalue weighted by molar-refractivity contribution is 5.75. The third kappa shape index (κ3) is 1.48. The molecule has 0 radical (unpaired) electrons. The van der Waals surface area contributed by atoms with Gasteiger partial charge in [-0.15, -0.1) is 0 Å². The number of furan rings is 1. The molecule has 0 aliphatic rings. The van der Waals surface area contributed by atoms with Crippen molar-refractivity contribution in [1.29, 1.82) is 0 Å². The Morgan fingerprint density at radius 2 is 2.25 bits per heavy atom. The van der Waals surface area contributed by atoms with Crippen LogP contribution in [0.3, 0.4) is 0 Å². The van der Waals surface area contributed by atoms with Crippen molar-refractivity contribution in [3.8, 4) is 0 Å². The fraction of sp³-hybridized carbons (Fsp3) is 0.375. The lowest BCUT2D eigenvalue weighted by Crippen LogP contribution is -2.20. The molecule has 0 aliphatic heterocycles. The highest BCUT2D eigenvalue weighted by Crippen LogP contribution is 2.19. The first-order chi connectivity index (χ1) is 5.52. The number of aryl methyl sites for hydroxylation is 2. The molecule has 66 valence electrons. The van der Waals surface area contributed by atoms with Crippen molar-refractivity contribution in [3.05, 3.63) is 23.2 Å². The van der Waals surface area contributed by atoms with Gasteiger partial charge in [0, 0.05) is 5.56 Å². The summed E-state index contributed by atoms with van der Waals surface area (Å²) in [7, 11) is 0. The topological polar surface area (TPSA) is 76.5 Å². The summed E-state index contributed by atoms with van der Waals surface area (Å²) in [5, 5.41) is 8.60. The fourth-order valence-corrected chi connectivity index (χ4v) is 1.09. The molecule has 0 aromatic carbocycles. The largest absolute Gasteiger partial charge is 0.480 e. The molecule has 1 rings (SSSR count). The molecule has 1 heterocycles. The summed E-state index contributed by atoms with van der Waals surface area (Å²) in [6.07, 6.45) is 0. The Labute approximate surface area is 70.0 Å². The zero-order valence-electron chi connectivity index (χ0n) is 7.00. The van der Waals surface area contributed by atoms with E-state index in [9.17, 15) is 4.79 Å². The summed E-state index contributed by atoms with van der Waals surface area (Å²) in [5.74, 6) is 0.209. The Balaban J connectivity index is 3.02. The standard InChI is InChI=1S/C8H11NO3/c1-4-3-6(5(2)12-4)7(9)8(10)11/h3,7H,9H2,1-2H3,(H,10,11). The van der Waals surface area contributed by atoms with Gasteiger partial charge in [-0.05, 0) is 19.9 Å². The summed E-state index contributed by atoms with van der Waals surface area (Å²) < 4.78 is 5.14. The Kier molecular flexibility index (Phi) is 2.19. The number of aliphatic carboxylic acids is 1. The van der Waals surface area contributed by atoms with Crippen LogP contribution in [0.25, 0.3) is 0 Å². The number of carbonyl (C=O) groups is 1. The highest BCUT2D eigenvalue weighted by atomic mass is 16.4. The van der Waals surface area contributed by atoms with Crippen molar-refractivity contribution in [1.82, 2.24) is 0 Å². The van der Waals surface area contributed by atoms with E-state index >= 15 is 0 Å². The number of hydrogen-bond acceptors (Lipinski definition) is 3. The van der Waals surface area contributed by atoms with Crippen LogP contribution in [0.4, 0.5) is 0 Å². The summed E-state index contributed by atoms with van der Waals surface area (Å²) in [6.45, 7) is 3.45. The van der Waals surface area contributed by atoms with Crippen LogP contribution >= 0.6 is 0 Å². The molecule has 0 aliphatic carbocycles. The molecule has 0 bridgehead atoms. The molecule has 4 heteroatoms. The van der Waals surface area contributed by atoms with E-state index in [4.69, 9.17) is 15.3 Å². The summed E-state index contributed by atoms with van der Waals surface area (Å²) >= 11 is 0. The summed E-state index contributed by atoms with van der Waals surface area (Å²) in [6, 6.07) is 0.663.